The lowest BCUT2D eigenvalue weighted by molar-refractivity contribution is 0.243. The maximum atomic E-state index is 11.8. The Balaban J connectivity index is 1.83. The number of ether oxygens (including phenoxy) is 1. The summed E-state index contributed by atoms with van der Waals surface area (Å²) >= 11 is 0. The summed E-state index contributed by atoms with van der Waals surface area (Å²) in [5.74, 6) is 0.762. The topological polar surface area (TPSA) is 50.4 Å². The van der Waals surface area contributed by atoms with E-state index in [4.69, 9.17) is 4.74 Å². The Hall–Kier alpha value is -2.75. The van der Waals surface area contributed by atoms with E-state index in [1.165, 1.54) is 5.56 Å². The second kappa shape index (κ2) is 7.88. The van der Waals surface area contributed by atoms with Crippen LogP contribution in [0.1, 0.15) is 16.7 Å². The molecule has 0 spiro atoms. The van der Waals surface area contributed by atoms with E-state index >= 15 is 0 Å². The number of aryl methyl sites for hydroxylation is 1. The quantitative estimate of drug-likeness (QED) is 0.887. The van der Waals surface area contributed by atoms with E-state index in [2.05, 4.69) is 10.6 Å². The molecule has 0 atom stereocenters. The van der Waals surface area contributed by atoms with E-state index < -0.39 is 0 Å². The molecule has 0 saturated heterocycles. The molecule has 2 rings (SSSR count). The first-order valence-corrected chi connectivity index (χ1v) is 7.08. The summed E-state index contributed by atoms with van der Waals surface area (Å²) in [5.41, 5.74) is 3.16. The van der Waals surface area contributed by atoms with Gasteiger partial charge in [0.15, 0.2) is 0 Å². The van der Waals surface area contributed by atoms with E-state index in [1.807, 2.05) is 61.5 Å². The largest absolute Gasteiger partial charge is 0.496 e. The van der Waals surface area contributed by atoms with Gasteiger partial charge in [-0.05, 0) is 24.6 Å². The molecule has 22 heavy (non-hydrogen) atoms. The van der Waals surface area contributed by atoms with Crippen molar-refractivity contribution in [2.75, 3.05) is 7.11 Å². The summed E-state index contributed by atoms with van der Waals surface area (Å²) in [6.45, 7) is 2.44. The molecular weight excluding hydrogens is 276 g/mol. The van der Waals surface area contributed by atoms with Crippen molar-refractivity contribution in [1.82, 2.24) is 10.6 Å². The number of methoxy groups -OCH3 is 1. The molecule has 4 nitrogen and oxygen atoms in total. The van der Waals surface area contributed by atoms with Gasteiger partial charge in [-0.15, -0.1) is 0 Å². The van der Waals surface area contributed by atoms with Crippen molar-refractivity contribution in [3.63, 3.8) is 0 Å². The summed E-state index contributed by atoms with van der Waals surface area (Å²) < 4.78 is 5.24. The Morgan fingerprint density at radius 1 is 1.18 bits per heavy atom. The molecule has 0 unspecified atom stereocenters. The first-order valence-electron chi connectivity index (χ1n) is 7.08. The first-order chi connectivity index (χ1) is 10.7. The first kappa shape index (κ1) is 15.6. The van der Waals surface area contributed by atoms with Crippen molar-refractivity contribution in [2.45, 2.75) is 13.5 Å². The predicted molar refractivity (Wildman–Crippen MR) is 88.6 cm³/mol. The number of rotatable bonds is 5. The normalized spacial score (nSPS) is 10.5. The highest BCUT2D eigenvalue weighted by atomic mass is 16.5. The monoisotopic (exact) mass is 296 g/mol. The summed E-state index contributed by atoms with van der Waals surface area (Å²) in [4.78, 5) is 11.8. The molecule has 0 fully saturated rings. The number of hydrogen-bond acceptors (Lipinski definition) is 2. The molecule has 0 aromatic heterocycles. The van der Waals surface area contributed by atoms with Crippen molar-refractivity contribution >= 4 is 12.1 Å². The van der Waals surface area contributed by atoms with Gasteiger partial charge in [0.2, 0.25) is 0 Å². The van der Waals surface area contributed by atoms with Crippen LogP contribution in [0, 0.1) is 6.92 Å². The van der Waals surface area contributed by atoms with E-state index in [0.717, 1.165) is 16.9 Å². The summed E-state index contributed by atoms with van der Waals surface area (Å²) in [5, 5.41) is 5.48. The SMILES string of the molecule is COc1ccccc1CNC(=O)N/C=C/c1cccc(C)c1. The van der Waals surface area contributed by atoms with Crippen molar-refractivity contribution < 1.29 is 9.53 Å². The Morgan fingerprint density at radius 3 is 2.77 bits per heavy atom. The molecule has 0 saturated carbocycles. The Morgan fingerprint density at radius 2 is 2.00 bits per heavy atom. The van der Waals surface area contributed by atoms with Gasteiger partial charge < -0.3 is 15.4 Å². The standard InChI is InChI=1S/C18H20N2O2/c1-14-6-5-7-15(12-14)10-11-19-18(21)20-13-16-8-3-4-9-17(16)22-2/h3-12H,13H2,1-2H3,(H2,19,20,21)/b11-10+. The summed E-state index contributed by atoms with van der Waals surface area (Å²) in [6.07, 6.45) is 3.49. The Kier molecular flexibility index (Phi) is 5.60. The molecule has 2 aromatic rings. The zero-order valence-corrected chi connectivity index (χ0v) is 12.8. The lowest BCUT2D eigenvalue weighted by atomic mass is 10.1. The highest BCUT2D eigenvalue weighted by molar-refractivity contribution is 5.76. The smallest absolute Gasteiger partial charge is 0.319 e. The van der Waals surface area contributed by atoms with Crippen LogP contribution in [-0.4, -0.2) is 13.1 Å². The fraction of sp³-hybridized carbons (Fsp3) is 0.167. The van der Waals surface area contributed by atoms with Gasteiger partial charge in [0, 0.05) is 18.3 Å². The van der Waals surface area contributed by atoms with Crippen LogP contribution in [0.2, 0.25) is 0 Å². The number of amides is 2. The van der Waals surface area contributed by atoms with Crippen LogP contribution < -0.4 is 15.4 Å². The Labute approximate surface area is 130 Å². The number of urea groups is 1. The maximum Gasteiger partial charge on any atom is 0.319 e. The fourth-order valence-corrected chi connectivity index (χ4v) is 2.06. The zero-order chi connectivity index (χ0) is 15.8. The highest BCUT2D eigenvalue weighted by Gasteiger charge is 2.03. The summed E-state index contributed by atoms with van der Waals surface area (Å²) in [7, 11) is 1.61. The van der Waals surface area contributed by atoms with Crippen molar-refractivity contribution in [3.05, 3.63) is 71.4 Å². The molecule has 0 aliphatic carbocycles. The van der Waals surface area contributed by atoms with Crippen LogP contribution in [0.3, 0.4) is 0 Å². The zero-order valence-electron chi connectivity index (χ0n) is 12.8. The highest BCUT2D eigenvalue weighted by Crippen LogP contribution is 2.16. The van der Waals surface area contributed by atoms with Crippen LogP contribution in [0.25, 0.3) is 6.08 Å². The minimum absolute atomic E-state index is 0.255. The van der Waals surface area contributed by atoms with Gasteiger partial charge in [0.1, 0.15) is 5.75 Å². The molecule has 0 bridgehead atoms. The van der Waals surface area contributed by atoms with Crippen LogP contribution in [0.5, 0.6) is 5.75 Å². The third-order valence-electron chi connectivity index (χ3n) is 3.16. The van der Waals surface area contributed by atoms with Crippen LogP contribution in [-0.2, 0) is 6.54 Å². The van der Waals surface area contributed by atoms with Gasteiger partial charge in [0.05, 0.1) is 7.11 Å². The van der Waals surface area contributed by atoms with Gasteiger partial charge in [0.25, 0.3) is 0 Å². The maximum absolute atomic E-state index is 11.8. The Bertz CT molecular complexity index is 666. The molecule has 2 N–H and O–H groups in total. The number of nitrogens with one attached hydrogen (secondary N) is 2. The fourth-order valence-electron chi connectivity index (χ4n) is 2.06. The second-order valence-corrected chi connectivity index (χ2v) is 4.89. The van der Waals surface area contributed by atoms with Crippen molar-refractivity contribution in [1.29, 1.82) is 0 Å². The van der Waals surface area contributed by atoms with Gasteiger partial charge in [-0.2, -0.15) is 0 Å². The third kappa shape index (κ3) is 4.66. The van der Waals surface area contributed by atoms with Gasteiger partial charge in [-0.25, -0.2) is 4.79 Å². The van der Waals surface area contributed by atoms with E-state index in [0.29, 0.717) is 6.54 Å². The van der Waals surface area contributed by atoms with Crippen LogP contribution >= 0.6 is 0 Å². The van der Waals surface area contributed by atoms with Gasteiger partial charge in [-0.3, -0.25) is 0 Å². The average Bonchev–Trinajstić information content (AvgIpc) is 2.53. The third-order valence-corrected chi connectivity index (χ3v) is 3.16. The lowest BCUT2D eigenvalue weighted by Gasteiger charge is -2.09. The van der Waals surface area contributed by atoms with E-state index in [1.54, 1.807) is 13.3 Å². The second-order valence-electron chi connectivity index (χ2n) is 4.89. The molecule has 4 heteroatoms. The minimum Gasteiger partial charge on any atom is -0.496 e. The van der Waals surface area contributed by atoms with Crippen LogP contribution in [0.4, 0.5) is 4.79 Å². The van der Waals surface area contributed by atoms with E-state index in [-0.39, 0.29) is 6.03 Å². The number of carbonyl (C=O) groups excluding carboxylic acids is 1. The van der Waals surface area contributed by atoms with Gasteiger partial charge in [-0.1, -0.05) is 48.0 Å². The molecule has 2 amide bonds. The molecule has 0 aliphatic rings. The lowest BCUT2D eigenvalue weighted by Crippen LogP contribution is -2.31. The predicted octanol–water partition coefficient (Wildman–Crippen LogP) is 3.47. The minimum atomic E-state index is -0.255. The van der Waals surface area contributed by atoms with Crippen LogP contribution in [0.15, 0.2) is 54.7 Å². The van der Waals surface area contributed by atoms with E-state index in [9.17, 15) is 4.79 Å². The number of carbonyl (C=O) groups is 1. The molecule has 0 radical (unpaired) electrons. The molecule has 0 heterocycles. The average molecular weight is 296 g/mol. The van der Waals surface area contributed by atoms with Crippen molar-refractivity contribution in [3.8, 4) is 5.75 Å². The number of para-hydroxylation sites is 1. The van der Waals surface area contributed by atoms with Gasteiger partial charge >= 0.3 is 6.03 Å². The number of hydrogen-bond donors (Lipinski definition) is 2. The molecular formula is C18H20N2O2. The van der Waals surface area contributed by atoms with Crippen molar-refractivity contribution in [2.24, 2.45) is 0 Å². The molecule has 114 valence electrons. The molecule has 2 aromatic carbocycles. The number of benzene rings is 2. The molecule has 0 aliphatic heterocycles. The summed E-state index contributed by atoms with van der Waals surface area (Å²) in [6, 6.07) is 15.4.